The predicted molar refractivity (Wildman–Crippen MR) is 32.1 cm³/mol. The molecule has 1 amide bonds. The lowest BCUT2D eigenvalue weighted by Crippen LogP contribution is -2.48. The number of fused-ring (bicyclic) bond motifs is 1. The molecular formula is C6H9NO3. The summed E-state index contributed by atoms with van der Waals surface area (Å²) in [6.45, 7) is 0.584. The van der Waals surface area contributed by atoms with E-state index in [9.17, 15) is 4.79 Å². The van der Waals surface area contributed by atoms with Crippen molar-refractivity contribution in [3.8, 4) is 0 Å². The molecular weight excluding hydrogens is 134 g/mol. The molecule has 4 nitrogen and oxygen atoms in total. The molecule has 0 aliphatic carbocycles. The molecule has 10 heavy (non-hydrogen) atoms. The molecule has 56 valence electrons. The fourth-order valence-electron chi connectivity index (χ4n) is 1.35. The molecule has 2 atom stereocenters. The van der Waals surface area contributed by atoms with Crippen LogP contribution in [0.25, 0.3) is 0 Å². The van der Waals surface area contributed by atoms with Crippen molar-refractivity contribution in [1.82, 2.24) is 4.90 Å². The van der Waals surface area contributed by atoms with Crippen molar-refractivity contribution in [2.24, 2.45) is 0 Å². The number of carbonyl (C=O) groups excluding carboxylic acids is 1. The lowest BCUT2D eigenvalue weighted by molar-refractivity contribution is -0.156. The van der Waals surface area contributed by atoms with Crippen LogP contribution in [0, 0.1) is 0 Å². The Hall–Kier alpha value is -0.610. The average Bonchev–Trinajstić information content (AvgIpc) is 2.26. The van der Waals surface area contributed by atoms with Gasteiger partial charge in [-0.05, 0) is 0 Å². The van der Waals surface area contributed by atoms with E-state index in [1.54, 1.807) is 4.90 Å². The number of carbonyl (C=O) groups is 1. The van der Waals surface area contributed by atoms with Crippen molar-refractivity contribution in [2.45, 2.75) is 18.8 Å². The number of amides is 1. The van der Waals surface area contributed by atoms with E-state index < -0.39 is 0 Å². The van der Waals surface area contributed by atoms with Gasteiger partial charge in [-0.15, -0.1) is 0 Å². The zero-order chi connectivity index (χ0) is 7.14. The normalized spacial score (nSPS) is 37.7. The van der Waals surface area contributed by atoms with E-state index in [1.165, 1.54) is 0 Å². The van der Waals surface area contributed by atoms with E-state index in [-0.39, 0.29) is 24.8 Å². The highest BCUT2D eigenvalue weighted by molar-refractivity contribution is 5.82. The number of β-lactam (4-membered cyclic amide) rings is 1. The van der Waals surface area contributed by atoms with Crippen LogP contribution < -0.4 is 0 Å². The Kier molecular flexibility index (Phi) is 1.18. The maximum absolute atomic E-state index is 10.7. The molecule has 2 fully saturated rings. The minimum Gasteiger partial charge on any atom is -0.394 e. The summed E-state index contributed by atoms with van der Waals surface area (Å²) in [5.41, 5.74) is 0. The number of hydrogen-bond donors (Lipinski definition) is 1. The number of rotatable bonds is 1. The third-order valence-electron chi connectivity index (χ3n) is 1.97. The van der Waals surface area contributed by atoms with E-state index in [2.05, 4.69) is 0 Å². The first kappa shape index (κ1) is 6.12. The zero-order valence-corrected chi connectivity index (χ0v) is 5.49. The summed E-state index contributed by atoms with van der Waals surface area (Å²) >= 11 is 0. The van der Waals surface area contributed by atoms with E-state index in [0.29, 0.717) is 13.0 Å². The highest BCUT2D eigenvalue weighted by Crippen LogP contribution is 2.27. The van der Waals surface area contributed by atoms with Gasteiger partial charge in [-0.25, -0.2) is 0 Å². The maximum Gasteiger partial charge on any atom is 0.229 e. The van der Waals surface area contributed by atoms with Crippen molar-refractivity contribution in [3.63, 3.8) is 0 Å². The van der Waals surface area contributed by atoms with Crippen molar-refractivity contribution in [1.29, 1.82) is 0 Å². The quantitative estimate of drug-likeness (QED) is 0.476. The second-order valence-electron chi connectivity index (χ2n) is 2.65. The summed E-state index contributed by atoms with van der Waals surface area (Å²) in [6.07, 6.45) is 0.331. The third kappa shape index (κ3) is 0.660. The van der Waals surface area contributed by atoms with Gasteiger partial charge in [0.05, 0.1) is 19.6 Å². The van der Waals surface area contributed by atoms with Gasteiger partial charge in [0.15, 0.2) is 0 Å². The fourth-order valence-corrected chi connectivity index (χ4v) is 1.35. The molecule has 0 spiro atoms. The minimum absolute atomic E-state index is 0.0142. The van der Waals surface area contributed by atoms with Gasteiger partial charge in [0.25, 0.3) is 0 Å². The fraction of sp³-hybridized carbons (Fsp3) is 0.833. The molecule has 2 rings (SSSR count). The molecule has 0 aromatic heterocycles. The SMILES string of the molecule is O=C1C[C@@H]2O[C@H](CO)CN12. The summed E-state index contributed by atoms with van der Waals surface area (Å²) in [4.78, 5) is 12.4. The Morgan fingerprint density at radius 3 is 3.10 bits per heavy atom. The van der Waals surface area contributed by atoms with Crippen LogP contribution >= 0.6 is 0 Å². The molecule has 4 heteroatoms. The summed E-state index contributed by atoms with van der Waals surface area (Å²) < 4.78 is 5.24. The van der Waals surface area contributed by atoms with Crippen LogP contribution in [0.15, 0.2) is 0 Å². The second-order valence-corrected chi connectivity index (χ2v) is 2.65. The van der Waals surface area contributed by atoms with Crippen LogP contribution in [-0.4, -0.2) is 41.4 Å². The predicted octanol–water partition coefficient (Wildman–Crippen LogP) is -1.06. The Labute approximate surface area is 58.4 Å². The van der Waals surface area contributed by atoms with Crippen LogP contribution in [0.1, 0.15) is 6.42 Å². The summed E-state index contributed by atoms with van der Waals surface area (Å²) in [6, 6.07) is 0. The first-order valence-corrected chi connectivity index (χ1v) is 3.37. The van der Waals surface area contributed by atoms with Crippen LogP contribution in [0.4, 0.5) is 0 Å². The van der Waals surface area contributed by atoms with E-state index in [0.717, 1.165) is 0 Å². The van der Waals surface area contributed by atoms with Gasteiger partial charge in [0.2, 0.25) is 5.91 Å². The molecule has 2 saturated heterocycles. The summed E-state index contributed by atoms with van der Waals surface area (Å²) in [7, 11) is 0. The zero-order valence-electron chi connectivity index (χ0n) is 5.49. The molecule has 1 N–H and O–H groups in total. The van der Waals surface area contributed by atoms with Crippen molar-refractivity contribution in [2.75, 3.05) is 13.2 Å². The summed E-state index contributed by atoms with van der Waals surface area (Å²) in [5.74, 6) is 0.140. The largest absolute Gasteiger partial charge is 0.394 e. The molecule has 0 aromatic carbocycles. The van der Waals surface area contributed by atoms with Gasteiger partial charge >= 0.3 is 0 Å². The van der Waals surface area contributed by atoms with Crippen LogP contribution in [-0.2, 0) is 9.53 Å². The van der Waals surface area contributed by atoms with Crippen molar-refractivity contribution >= 4 is 5.91 Å². The lowest BCUT2D eigenvalue weighted by atomic mass is 10.2. The lowest BCUT2D eigenvalue weighted by Gasteiger charge is -2.31. The number of aliphatic hydroxyl groups is 1. The average molecular weight is 143 g/mol. The molecule has 0 radical (unpaired) electrons. The molecule has 0 saturated carbocycles. The third-order valence-corrected chi connectivity index (χ3v) is 1.97. The van der Waals surface area contributed by atoms with E-state index in [4.69, 9.17) is 9.84 Å². The van der Waals surface area contributed by atoms with E-state index in [1.807, 2.05) is 0 Å². The monoisotopic (exact) mass is 143 g/mol. The molecule has 2 heterocycles. The van der Waals surface area contributed by atoms with Crippen LogP contribution in [0.5, 0.6) is 0 Å². The first-order valence-electron chi connectivity index (χ1n) is 3.37. The van der Waals surface area contributed by atoms with E-state index >= 15 is 0 Å². The minimum atomic E-state index is -0.142. The number of ether oxygens (including phenoxy) is 1. The van der Waals surface area contributed by atoms with Crippen molar-refractivity contribution in [3.05, 3.63) is 0 Å². The van der Waals surface area contributed by atoms with Crippen molar-refractivity contribution < 1.29 is 14.6 Å². The molecule has 0 aromatic rings. The van der Waals surface area contributed by atoms with Gasteiger partial charge in [0, 0.05) is 0 Å². The molecule has 0 unspecified atom stereocenters. The number of nitrogens with zero attached hydrogens (tertiary/aromatic N) is 1. The number of aliphatic hydroxyl groups excluding tert-OH is 1. The van der Waals surface area contributed by atoms with Gasteiger partial charge in [0.1, 0.15) is 12.3 Å². The second kappa shape index (κ2) is 1.93. The van der Waals surface area contributed by atoms with Crippen LogP contribution in [0.3, 0.4) is 0 Å². The topological polar surface area (TPSA) is 49.8 Å². The Morgan fingerprint density at radius 1 is 1.80 bits per heavy atom. The first-order chi connectivity index (χ1) is 4.81. The number of hydrogen-bond acceptors (Lipinski definition) is 3. The highest BCUT2D eigenvalue weighted by atomic mass is 16.5. The van der Waals surface area contributed by atoms with Gasteiger partial charge in [-0.2, -0.15) is 0 Å². The Morgan fingerprint density at radius 2 is 2.60 bits per heavy atom. The Bertz CT molecular complexity index is 170. The summed E-state index contributed by atoms with van der Waals surface area (Å²) in [5, 5.41) is 8.65. The highest BCUT2D eigenvalue weighted by Gasteiger charge is 2.44. The van der Waals surface area contributed by atoms with Gasteiger partial charge in [-0.3, -0.25) is 4.79 Å². The maximum atomic E-state index is 10.7. The van der Waals surface area contributed by atoms with Gasteiger partial charge in [-0.1, -0.05) is 0 Å². The standard InChI is InChI=1S/C6H9NO3/c8-3-4-2-7-5(9)1-6(7)10-4/h4,6,8H,1-3H2/t4-,6-/m0/s1. The molecule has 2 aliphatic heterocycles. The molecule has 0 bridgehead atoms. The molecule has 2 aliphatic rings. The smallest absolute Gasteiger partial charge is 0.229 e. The van der Waals surface area contributed by atoms with Gasteiger partial charge < -0.3 is 14.7 Å². The van der Waals surface area contributed by atoms with Crippen LogP contribution in [0.2, 0.25) is 0 Å². The Balaban J connectivity index is 1.99.